The van der Waals surface area contributed by atoms with Gasteiger partial charge in [0.05, 0.1) is 0 Å². The number of oxime groups is 1. The topological polar surface area (TPSA) is 91.0 Å². The Morgan fingerprint density at radius 2 is 2.16 bits per heavy atom. The Morgan fingerprint density at radius 3 is 2.58 bits per heavy atom. The number of amides is 1. The summed E-state index contributed by atoms with van der Waals surface area (Å²) in [5, 5.41) is 14.9. The second-order valence-electron chi connectivity index (χ2n) is 5.26. The fourth-order valence-corrected chi connectivity index (χ4v) is 2.76. The van der Waals surface area contributed by atoms with Gasteiger partial charge in [0.1, 0.15) is 5.41 Å². The van der Waals surface area contributed by atoms with E-state index in [0.29, 0.717) is 25.4 Å². The highest BCUT2D eigenvalue weighted by molar-refractivity contribution is 6.06. The van der Waals surface area contributed by atoms with E-state index in [1.54, 1.807) is 0 Å². The highest BCUT2D eigenvalue weighted by Gasteiger charge is 2.40. The van der Waals surface area contributed by atoms with Crippen molar-refractivity contribution in [3.05, 3.63) is 0 Å². The maximum Gasteiger partial charge on any atom is 0.233 e. The van der Waals surface area contributed by atoms with Gasteiger partial charge in [-0.15, -0.1) is 0 Å². The van der Waals surface area contributed by atoms with Gasteiger partial charge in [-0.2, -0.15) is 0 Å². The monoisotopic (exact) mass is 270 g/mol. The highest BCUT2D eigenvalue weighted by atomic mass is 16.4. The number of hydrogen-bond acceptors (Lipinski definition) is 4. The number of rotatable bonds is 6. The zero-order valence-corrected chi connectivity index (χ0v) is 12.1. The van der Waals surface area contributed by atoms with Gasteiger partial charge < -0.3 is 21.2 Å². The molecule has 1 rings (SSSR count). The predicted molar refractivity (Wildman–Crippen MR) is 75.1 cm³/mol. The third kappa shape index (κ3) is 3.18. The first-order chi connectivity index (χ1) is 9.01. The van der Waals surface area contributed by atoms with Crippen molar-refractivity contribution < 1.29 is 10.0 Å². The molecule has 1 saturated heterocycles. The third-order valence-corrected chi connectivity index (χ3v) is 4.41. The van der Waals surface area contributed by atoms with Gasteiger partial charge in [0.15, 0.2) is 5.84 Å². The smallest absolute Gasteiger partial charge is 0.233 e. The van der Waals surface area contributed by atoms with Crippen LogP contribution in [0.1, 0.15) is 39.5 Å². The van der Waals surface area contributed by atoms with Crippen LogP contribution in [-0.2, 0) is 4.79 Å². The van der Waals surface area contributed by atoms with Crippen LogP contribution in [0.25, 0.3) is 0 Å². The van der Waals surface area contributed by atoms with Crippen LogP contribution in [0.5, 0.6) is 0 Å². The average molecular weight is 270 g/mol. The molecular weight excluding hydrogens is 244 g/mol. The lowest BCUT2D eigenvalue weighted by atomic mass is 9.80. The van der Waals surface area contributed by atoms with E-state index in [4.69, 9.17) is 10.9 Å². The zero-order chi connectivity index (χ0) is 14.5. The molecule has 0 bridgehead atoms. The molecule has 6 nitrogen and oxygen atoms in total. The number of likely N-dealkylation sites (tertiary alicyclic amines) is 1. The summed E-state index contributed by atoms with van der Waals surface area (Å²) >= 11 is 0. The molecule has 0 radical (unpaired) electrons. The maximum absolute atomic E-state index is 12.4. The van der Waals surface area contributed by atoms with Gasteiger partial charge in [0.2, 0.25) is 5.91 Å². The number of nitrogens with one attached hydrogen (secondary N) is 1. The van der Waals surface area contributed by atoms with Gasteiger partial charge in [0, 0.05) is 12.6 Å². The van der Waals surface area contributed by atoms with Crippen LogP contribution in [0.4, 0.5) is 0 Å². The van der Waals surface area contributed by atoms with Crippen LogP contribution in [0, 0.1) is 5.41 Å². The third-order valence-electron chi connectivity index (χ3n) is 4.41. The second-order valence-corrected chi connectivity index (χ2v) is 5.26. The molecule has 1 amide bonds. The van der Waals surface area contributed by atoms with E-state index in [2.05, 4.69) is 22.4 Å². The summed E-state index contributed by atoms with van der Waals surface area (Å²) in [6, 6.07) is 0.391. The summed E-state index contributed by atoms with van der Waals surface area (Å²) in [4.78, 5) is 14.6. The van der Waals surface area contributed by atoms with Crippen molar-refractivity contribution in [2.24, 2.45) is 16.3 Å². The molecule has 19 heavy (non-hydrogen) atoms. The van der Waals surface area contributed by atoms with E-state index >= 15 is 0 Å². The Balaban J connectivity index is 2.67. The van der Waals surface area contributed by atoms with Crippen molar-refractivity contribution in [1.29, 1.82) is 0 Å². The molecule has 1 heterocycles. The molecule has 110 valence electrons. The van der Waals surface area contributed by atoms with E-state index in [1.165, 1.54) is 6.42 Å². The van der Waals surface area contributed by atoms with Gasteiger partial charge >= 0.3 is 0 Å². The minimum Gasteiger partial charge on any atom is -0.409 e. The lowest BCUT2D eigenvalue weighted by molar-refractivity contribution is -0.128. The fraction of sp³-hybridized carbons (Fsp3) is 0.846. The number of carbonyl (C=O) groups is 1. The summed E-state index contributed by atoms with van der Waals surface area (Å²) in [5.74, 6) is -0.150. The summed E-state index contributed by atoms with van der Waals surface area (Å²) < 4.78 is 0. The van der Waals surface area contributed by atoms with Gasteiger partial charge in [-0.05, 0) is 39.3 Å². The lowest BCUT2D eigenvalue weighted by Crippen LogP contribution is -2.51. The van der Waals surface area contributed by atoms with Crippen molar-refractivity contribution in [1.82, 2.24) is 10.2 Å². The minimum absolute atomic E-state index is 0.00484. The van der Waals surface area contributed by atoms with Crippen molar-refractivity contribution in [2.45, 2.75) is 45.6 Å². The van der Waals surface area contributed by atoms with E-state index in [1.807, 2.05) is 13.8 Å². The van der Waals surface area contributed by atoms with Gasteiger partial charge in [0.25, 0.3) is 0 Å². The molecule has 0 aromatic rings. The van der Waals surface area contributed by atoms with Crippen molar-refractivity contribution in [3.63, 3.8) is 0 Å². The number of nitrogens with two attached hydrogens (primary N) is 1. The maximum atomic E-state index is 12.4. The molecule has 4 N–H and O–H groups in total. The standard InChI is InChI=1S/C13H26N4O2/c1-4-13(5-2,11(14)16-19)12(18)15-9-10-7-6-8-17(10)3/h10,19H,4-9H2,1-3H3,(H2,14,16)(H,15,18). The summed E-state index contributed by atoms with van der Waals surface area (Å²) in [6.07, 6.45) is 3.31. The van der Waals surface area contributed by atoms with E-state index < -0.39 is 5.41 Å². The van der Waals surface area contributed by atoms with Crippen LogP contribution in [0.15, 0.2) is 5.16 Å². The summed E-state index contributed by atoms with van der Waals surface area (Å²) in [7, 11) is 2.07. The predicted octanol–water partition coefficient (Wildman–Crippen LogP) is 0.750. The van der Waals surface area contributed by atoms with E-state index in [0.717, 1.165) is 13.0 Å². The number of hydrogen-bond donors (Lipinski definition) is 3. The SMILES string of the molecule is CCC(CC)(C(=O)NCC1CCCN1C)C(N)=NO. The first kappa shape index (κ1) is 15.8. The molecule has 1 atom stereocenters. The molecule has 6 heteroatoms. The van der Waals surface area contributed by atoms with Crippen LogP contribution >= 0.6 is 0 Å². The van der Waals surface area contributed by atoms with Gasteiger partial charge in [-0.25, -0.2) is 0 Å². The number of nitrogens with zero attached hydrogens (tertiary/aromatic N) is 2. The molecule has 0 aromatic heterocycles. The molecular formula is C13H26N4O2. The fourth-order valence-electron chi connectivity index (χ4n) is 2.76. The molecule has 0 aromatic carbocycles. The quantitative estimate of drug-likeness (QED) is 0.287. The molecule has 1 unspecified atom stereocenters. The molecule has 1 aliphatic heterocycles. The Hall–Kier alpha value is -1.30. The first-order valence-electron chi connectivity index (χ1n) is 6.98. The Kier molecular flexibility index (Phi) is 5.60. The molecule has 0 saturated carbocycles. The van der Waals surface area contributed by atoms with Crippen LogP contribution in [0.2, 0.25) is 0 Å². The molecule has 0 spiro atoms. The molecule has 0 aliphatic carbocycles. The van der Waals surface area contributed by atoms with Crippen molar-refractivity contribution in [3.8, 4) is 0 Å². The van der Waals surface area contributed by atoms with Crippen molar-refractivity contribution >= 4 is 11.7 Å². The molecule has 1 aliphatic rings. The lowest BCUT2D eigenvalue weighted by Gasteiger charge is -2.30. The number of likely N-dealkylation sites (N-methyl/N-ethyl adjacent to an activating group) is 1. The first-order valence-corrected chi connectivity index (χ1v) is 6.98. The van der Waals surface area contributed by atoms with E-state index in [9.17, 15) is 4.79 Å². The van der Waals surface area contributed by atoms with Gasteiger partial charge in [-0.1, -0.05) is 19.0 Å². The number of amidine groups is 1. The van der Waals surface area contributed by atoms with Crippen LogP contribution in [0.3, 0.4) is 0 Å². The normalized spacial score (nSPS) is 21.6. The Bertz CT molecular complexity index is 340. The van der Waals surface area contributed by atoms with Crippen LogP contribution < -0.4 is 11.1 Å². The number of carbonyl (C=O) groups excluding carboxylic acids is 1. The highest BCUT2D eigenvalue weighted by Crippen LogP contribution is 2.27. The summed E-state index contributed by atoms with van der Waals surface area (Å²) in [5.41, 5.74) is 4.82. The summed E-state index contributed by atoms with van der Waals surface area (Å²) in [6.45, 7) is 5.45. The Labute approximate surface area is 115 Å². The van der Waals surface area contributed by atoms with E-state index in [-0.39, 0.29) is 11.7 Å². The van der Waals surface area contributed by atoms with Crippen LogP contribution in [-0.4, -0.2) is 48.0 Å². The average Bonchev–Trinajstić information content (AvgIpc) is 2.83. The van der Waals surface area contributed by atoms with Gasteiger partial charge in [-0.3, -0.25) is 4.79 Å². The Morgan fingerprint density at radius 1 is 1.53 bits per heavy atom. The largest absolute Gasteiger partial charge is 0.409 e. The molecule has 1 fully saturated rings. The second kappa shape index (κ2) is 6.75. The van der Waals surface area contributed by atoms with Crippen molar-refractivity contribution in [2.75, 3.05) is 20.1 Å². The minimum atomic E-state index is -0.897. The zero-order valence-electron chi connectivity index (χ0n) is 12.1.